The fourth-order valence-corrected chi connectivity index (χ4v) is 1.73. The van der Waals surface area contributed by atoms with Gasteiger partial charge in [-0.3, -0.25) is 0 Å². The normalized spacial score (nSPS) is 10.0. The molecule has 108 valence electrons. The van der Waals surface area contributed by atoms with Gasteiger partial charge in [0.2, 0.25) is 0 Å². The van der Waals surface area contributed by atoms with Gasteiger partial charge in [-0.2, -0.15) is 0 Å². The molecule has 0 aliphatic heterocycles. The topological polar surface area (TPSA) is 78.4 Å². The second-order valence-corrected chi connectivity index (χ2v) is 4.39. The van der Waals surface area contributed by atoms with E-state index in [1.165, 1.54) is 24.3 Å². The number of aryl methyl sites for hydroxylation is 1. The van der Waals surface area contributed by atoms with E-state index in [1.807, 2.05) is 0 Å². The molecule has 0 radical (unpaired) electrons. The molecule has 0 unspecified atom stereocenters. The molecule has 2 aromatic carbocycles. The van der Waals surface area contributed by atoms with Crippen molar-refractivity contribution >= 4 is 23.4 Å². The summed E-state index contributed by atoms with van der Waals surface area (Å²) < 4.78 is 13.4. The number of urea groups is 1. The summed E-state index contributed by atoms with van der Waals surface area (Å²) in [7, 11) is 0. The third-order valence-electron chi connectivity index (χ3n) is 2.84. The molecule has 5 nitrogen and oxygen atoms in total. The monoisotopic (exact) mass is 288 g/mol. The highest BCUT2D eigenvalue weighted by molar-refractivity contribution is 6.04. The molecule has 21 heavy (non-hydrogen) atoms. The number of benzene rings is 2. The van der Waals surface area contributed by atoms with Crippen molar-refractivity contribution in [2.75, 3.05) is 10.6 Å². The SMILES string of the molecule is Cc1ccc(NC(=O)Nc2ccccc2C(=O)O)cc1F. The van der Waals surface area contributed by atoms with Crippen LogP contribution in [-0.2, 0) is 0 Å². The molecule has 2 aromatic rings. The zero-order valence-corrected chi connectivity index (χ0v) is 11.2. The number of amides is 2. The van der Waals surface area contributed by atoms with Crippen molar-refractivity contribution in [2.45, 2.75) is 6.92 Å². The van der Waals surface area contributed by atoms with E-state index in [4.69, 9.17) is 5.11 Å². The van der Waals surface area contributed by atoms with E-state index in [9.17, 15) is 14.0 Å². The number of rotatable bonds is 3. The van der Waals surface area contributed by atoms with E-state index in [-0.39, 0.29) is 16.9 Å². The fraction of sp³-hybridized carbons (Fsp3) is 0.0667. The van der Waals surface area contributed by atoms with Crippen molar-refractivity contribution in [3.05, 3.63) is 59.4 Å². The van der Waals surface area contributed by atoms with Gasteiger partial charge in [0, 0.05) is 5.69 Å². The Morgan fingerprint density at radius 3 is 2.48 bits per heavy atom. The van der Waals surface area contributed by atoms with E-state index in [0.717, 1.165) is 0 Å². The molecular formula is C15H13FN2O3. The Kier molecular flexibility index (Phi) is 4.18. The third-order valence-corrected chi connectivity index (χ3v) is 2.84. The fourth-order valence-electron chi connectivity index (χ4n) is 1.73. The van der Waals surface area contributed by atoms with Gasteiger partial charge in [-0.25, -0.2) is 14.0 Å². The predicted molar refractivity (Wildman–Crippen MR) is 77.2 cm³/mol. The minimum absolute atomic E-state index is 0.0252. The molecule has 2 amide bonds. The molecular weight excluding hydrogens is 275 g/mol. The molecule has 0 atom stereocenters. The molecule has 0 fully saturated rings. The highest BCUT2D eigenvalue weighted by Crippen LogP contribution is 2.17. The van der Waals surface area contributed by atoms with Crippen LogP contribution in [0.4, 0.5) is 20.6 Å². The van der Waals surface area contributed by atoms with Crippen molar-refractivity contribution in [3.8, 4) is 0 Å². The van der Waals surface area contributed by atoms with Gasteiger partial charge in [-0.15, -0.1) is 0 Å². The summed E-state index contributed by atoms with van der Waals surface area (Å²) in [6, 6.07) is 9.65. The summed E-state index contributed by atoms with van der Waals surface area (Å²) in [6.45, 7) is 1.61. The number of hydrogen-bond donors (Lipinski definition) is 3. The van der Waals surface area contributed by atoms with Gasteiger partial charge < -0.3 is 15.7 Å². The minimum Gasteiger partial charge on any atom is -0.478 e. The molecule has 0 aromatic heterocycles. The molecule has 0 heterocycles. The Morgan fingerprint density at radius 2 is 1.81 bits per heavy atom. The van der Waals surface area contributed by atoms with E-state index in [2.05, 4.69) is 10.6 Å². The van der Waals surface area contributed by atoms with Crippen molar-refractivity contribution < 1.29 is 19.1 Å². The van der Waals surface area contributed by atoms with E-state index in [1.54, 1.807) is 25.1 Å². The lowest BCUT2D eigenvalue weighted by Gasteiger charge is -2.10. The summed E-state index contributed by atoms with van der Waals surface area (Å²) in [5, 5.41) is 13.9. The largest absolute Gasteiger partial charge is 0.478 e. The average Bonchev–Trinajstić information content (AvgIpc) is 2.43. The Morgan fingerprint density at radius 1 is 1.10 bits per heavy atom. The quantitative estimate of drug-likeness (QED) is 0.809. The number of carboxylic acid groups (broad SMARTS) is 1. The summed E-state index contributed by atoms with van der Waals surface area (Å²) in [5.74, 6) is -1.58. The zero-order valence-electron chi connectivity index (χ0n) is 11.2. The number of carbonyl (C=O) groups excluding carboxylic acids is 1. The summed E-state index contributed by atoms with van der Waals surface area (Å²) in [4.78, 5) is 22.8. The first-order valence-electron chi connectivity index (χ1n) is 6.14. The number of aromatic carboxylic acids is 1. The van der Waals surface area contributed by atoms with Gasteiger partial charge >= 0.3 is 12.0 Å². The number of hydrogen-bond acceptors (Lipinski definition) is 2. The molecule has 0 saturated carbocycles. The van der Waals surface area contributed by atoms with E-state index >= 15 is 0 Å². The van der Waals surface area contributed by atoms with Crippen LogP contribution in [0, 0.1) is 12.7 Å². The van der Waals surface area contributed by atoms with Crippen LogP contribution in [0.15, 0.2) is 42.5 Å². The molecule has 6 heteroatoms. The maximum Gasteiger partial charge on any atom is 0.337 e. The van der Waals surface area contributed by atoms with Gasteiger partial charge in [0.05, 0.1) is 11.3 Å². The molecule has 0 spiro atoms. The zero-order chi connectivity index (χ0) is 15.4. The summed E-state index contributed by atoms with van der Waals surface area (Å²) >= 11 is 0. The molecule has 0 aliphatic rings. The Bertz CT molecular complexity index is 701. The van der Waals surface area contributed by atoms with Gasteiger partial charge in [0.1, 0.15) is 5.82 Å². The van der Waals surface area contributed by atoms with Crippen LogP contribution in [0.2, 0.25) is 0 Å². The van der Waals surface area contributed by atoms with E-state index < -0.39 is 17.8 Å². The highest BCUT2D eigenvalue weighted by atomic mass is 19.1. The van der Waals surface area contributed by atoms with Crippen molar-refractivity contribution in [1.29, 1.82) is 0 Å². The third kappa shape index (κ3) is 3.56. The predicted octanol–water partition coefficient (Wildman–Crippen LogP) is 3.48. The number of carboxylic acids is 1. The number of halogens is 1. The van der Waals surface area contributed by atoms with Crippen LogP contribution < -0.4 is 10.6 Å². The Balaban J connectivity index is 2.12. The van der Waals surface area contributed by atoms with Gasteiger partial charge in [-0.1, -0.05) is 18.2 Å². The second kappa shape index (κ2) is 6.04. The number of carbonyl (C=O) groups is 2. The number of anilines is 2. The van der Waals surface area contributed by atoms with Crippen LogP contribution in [-0.4, -0.2) is 17.1 Å². The lowest BCUT2D eigenvalue weighted by molar-refractivity contribution is 0.0698. The number of para-hydroxylation sites is 1. The van der Waals surface area contributed by atoms with Crippen LogP contribution in [0.5, 0.6) is 0 Å². The van der Waals surface area contributed by atoms with Crippen molar-refractivity contribution in [3.63, 3.8) is 0 Å². The molecule has 0 bridgehead atoms. The van der Waals surface area contributed by atoms with Crippen molar-refractivity contribution in [1.82, 2.24) is 0 Å². The standard InChI is InChI=1S/C15H13FN2O3/c1-9-6-7-10(8-12(9)16)17-15(21)18-13-5-3-2-4-11(13)14(19)20/h2-8H,1H3,(H,19,20)(H2,17,18,21). The molecule has 2 rings (SSSR count). The lowest BCUT2D eigenvalue weighted by Crippen LogP contribution is -2.21. The maximum atomic E-state index is 13.4. The van der Waals surface area contributed by atoms with Gasteiger partial charge in [0.15, 0.2) is 0 Å². The molecule has 3 N–H and O–H groups in total. The number of nitrogens with one attached hydrogen (secondary N) is 2. The molecule has 0 aliphatic carbocycles. The Labute approximate surface area is 120 Å². The smallest absolute Gasteiger partial charge is 0.337 e. The summed E-state index contributed by atoms with van der Waals surface area (Å²) in [6.07, 6.45) is 0. The van der Waals surface area contributed by atoms with Crippen LogP contribution >= 0.6 is 0 Å². The maximum absolute atomic E-state index is 13.4. The Hall–Kier alpha value is -2.89. The van der Waals surface area contributed by atoms with E-state index in [0.29, 0.717) is 5.56 Å². The van der Waals surface area contributed by atoms with Gasteiger partial charge in [-0.05, 0) is 36.8 Å². The van der Waals surface area contributed by atoms with Crippen LogP contribution in [0.3, 0.4) is 0 Å². The average molecular weight is 288 g/mol. The first kappa shape index (κ1) is 14.5. The summed E-state index contributed by atoms with van der Waals surface area (Å²) in [5.41, 5.74) is 0.887. The second-order valence-electron chi connectivity index (χ2n) is 4.39. The van der Waals surface area contributed by atoms with Crippen LogP contribution in [0.25, 0.3) is 0 Å². The minimum atomic E-state index is -1.15. The first-order chi connectivity index (χ1) is 9.97. The first-order valence-corrected chi connectivity index (χ1v) is 6.14. The lowest BCUT2D eigenvalue weighted by atomic mass is 10.2. The van der Waals surface area contributed by atoms with Crippen LogP contribution in [0.1, 0.15) is 15.9 Å². The van der Waals surface area contributed by atoms with Gasteiger partial charge in [0.25, 0.3) is 0 Å². The van der Waals surface area contributed by atoms with Crippen molar-refractivity contribution in [2.24, 2.45) is 0 Å². The molecule has 0 saturated heterocycles. The highest BCUT2D eigenvalue weighted by Gasteiger charge is 2.11.